The summed E-state index contributed by atoms with van der Waals surface area (Å²) >= 11 is 0. The molecule has 0 amide bonds. The summed E-state index contributed by atoms with van der Waals surface area (Å²) in [5, 5.41) is 21.8. The van der Waals surface area contributed by atoms with Gasteiger partial charge in [-0.25, -0.2) is 0 Å². The zero-order valence-electron chi connectivity index (χ0n) is 10.7. The van der Waals surface area contributed by atoms with Gasteiger partial charge in [-0.05, 0) is 6.07 Å². The predicted octanol–water partition coefficient (Wildman–Crippen LogP) is 2.14. The molecule has 1 aromatic carbocycles. The fraction of sp³-hybridized carbons (Fsp3) is 0.333. The van der Waals surface area contributed by atoms with Gasteiger partial charge in [-0.15, -0.1) is 10.2 Å². The SMILES string of the molecule is CC(C)NCc1nnc(-c2ccccc2[N+](=O)[O-])o1. The molecule has 1 N–H and O–H groups in total. The van der Waals surface area contributed by atoms with Crippen LogP contribution < -0.4 is 5.32 Å². The number of nitro groups is 1. The van der Waals surface area contributed by atoms with E-state index in [0.717, 1.165) is 0 Å². The van der Waals surface area contributed by atoms with E-state index < -0.39 is 4.92 Å². The maximum absolute atomic E-state index is 10.9. The number of benzene rings is 1. The number of nitrogens with one attached hydrogen (secondary N) is 1. The number of rotatable bonds is 5. The molecule has 7 heteroatoms. The van der Waals surface area contributed by atoms with Crippen LogP contribution in [0.15, 0.2) is 28.7 Å². The summed E-state index contributed by atoms with van der Waals surface area (Å²) in [6, 6.07) is 6.58. The Bertz CT molecular complexity index is 580. The maximum atomic E-state index is 10.9. The van der Waals surface area contributed by atoms with E-state index in [1.165, 1.54) is 6.07 Å². The summed E-state index contributed by atoms with van der Waals surface area (Å²) in [5.41, 5.74) is 0.283. The first-order valence-corrected chi connectivity index (χ1v) is 5.87. The largest absolute Gasteiger partial charge is 0.419 e. The third kappa shape index (κ3) is 3.14. The summed E-state index contributed by atoms with van der Waals surface area (Å²) in [4.78, 5) is 10.5. The van der Waals surface area contributed by atoms with Crippen molar-refractivity contribution < 1.29 is 9.34 Å². The molecule has 1 heterocycles. The van der Waals surface area contributed by atoms with Crippen molar-refractivity contribution in [1.82, 2.24) is 15.5 Å². The van der Waals surface area contributed by atoms with Crippen LogP contribution in [0.1, 0.15) is 19.7 Å². The van der Waals surface area contributed by atoms with Gasteiger partial charge in [-0.1, -0.05) is 26.0 Å². The third-order valence-corrected chi connectivity index (χ3v) is 2.46. The quantitative estimate of drug-likeness (QED) is 0.655. The lowest BCUT2D eigenvalue weighted by molar-refractivity contribution is -0.384. The molecule has 0 unspecified atom stereocenters. The third-order valence-electron chi connectivity index (χ3n) is 2.46. The molecule has 0 bridgehead atoms. The number of hydrogen-bond acceptors (Lipinski definition) is 6. The molecule has 0 aliphatic heterocycles. The van der Waals surface area contributed by atoms with Crippen LogP contribution in [0, 0.1) is 10.1 Å². The Hall–Kier alpha value is -2.28. The summed E-state index contributed by atoms with van der Waals surface area (Å²) in [5.74, 6) is 0.565. The van der Waals surface area contributed by atoms with E-state index in [1.54, 1.807) is 18.2 Å². The molecule has 0 aliphatic rings. The van der Waals surface area contributed by atoms with Crippen LogP contribution in [-0.2, 0) is 6.54 Å². The standard InChI is InChI=1S/C12H14N4O3/c1-8(2)13-7-11-14-15-12(19-11)9-5-3-4-6-10(9)16(17)18/h3-6,8,13H,7H2,1-2H3. The van der Waals surface area contributed by atoms with Crippen molar-refractivity contribution >= 4 is 5.69 Å². The van der Waals surface area contributed by atoms with E-state index in [1.807, 2.05) is 13.8 Å². The van der Waals surface area contributed by atoms with Gasteiger partial charge in [0.2, 0.25) is 5.89 Å². The van der Waals surface area contributed by atoms with Gasteiger partial charge in [0.15, 0.2) is 0 Å². The van der Waals surface area contributed by atoms with Gasteiger partial charge >= 0.3 is 0 Å². The zero-order chi connectivity index (χ0) is 13.8. The summed E-state index contributed by atoms with van der Waals surface area (Å²) in [6.45, 7) is 4.43. The highest BCUT2D eigenvalue weighted by molar-refractivity contribution is 5.66. The number of para-hydroxylation sites is 1. The van der Waals surface area contributed by atoms with Gasteiger partial charge in [0.05, 0.1) is 11.5 Å². The smallest absolute Gasteiger partial charge is 0.282 e. The molecule has 1 aromatic heterocycles. The molecule has 100 valence electrons. The van der Waals surface area contributed by atoms with E-state index in [4.69, 9.17) is 4.42 Å². The van der Waals surface area contributed by atoms with Crippen molar-refractivity contribution in [1.29, 1.82) is 0 Å². The molecule has 19 heavy (non-hydrogen) atoms. The van der Waals surface area contributed by atoms with Crippen LogP contribution in [0.4, 0.5) is 5.69 Å². The summed E-state index contributed by atoms with van der Waals surface area (Å²) in [7, 11) is 0. The second-order valence-electron chi connectivity index (χ2n) is 4.31. The molecular formula is C12H14N4O3. The topological polar surface area (TPSA) is 94.1 Å². The first kappa shape index (κ1) is 13.2. The summed E-state index contributed by atoms with van der Waals surface area (Å²) in [6.07, 6.45) is 0. The van der Waals surface area contributed by atoms with E-state index in [9.17, 15) is 10.1 Å². The molecule has 7 nitrogen and oxygen atoms in total. The first-order chi connectivity index (χ1) is 9.08. The maximum Gasteiger partial charge on any atom is 0.282 e. The highest BCUT2D eigenvalue weighted by Gasteiger charge is 2.19. The summed E-state index contributed by atoms with van der Waals surface area (Å²) < 4.78 is 5.42. The van der Waals surface area contributed by atoms with E-state index in [0.29, 0.717) is 24.0 Å². The first-order valence-electron chi connectivity index (χ1n) is 5.87. The van der Waals surface area contributed by atoms with Crippen molar-refractivity contribution in [2.24, 2.45) is 0 Å². The Labute approximate surface area is 109 Å². The molecule has 2 rings (SSSR count). The average Bonchev–Trinajstić information content (AvgIpc) is 2.85. The number of aromatic nitrogens is 2. The molecule has 0 fully saturated rings. The monoisotopic (exact) mass is 262 g/mol. The van der Waals surface area contributed by atoms with Gasteiger partial charge in [0.25, 0.3) is 11.6 Å². The van der Waals surface area contributed by atoms with Gasteiger partial charge in [0, 0.05) is 12.1 Å². The Morgan fingerprint density at radius 3 is 2.79 bits per heavy atom. The van der Waals surface area contributed by atoms with Crippen molar-refractivity contribution in [2.45, 2.75) is 26.4 Å². The Balaban J connectivity index is 2.25. The van der Waals surface area contributed by atoms with Crippen molar-refractivity contribution in [3.63, 3.8) is 0 Å². The lowest BCUT2D eigenvalue weighted by Crippen LogP contribution is -2.21. The number of hydrogen-bond donors (Lipinski definition) is 1. The fourth-order valence-electron chi connectivity index (χ4n) is 1.54. The molecule has 2 aromatic rings. The van der Waals surface area contributed by atoms with E-state index in [2.05, 4.69) is 15.5 Å². The Morgan fingerprint density at radius 1 is 1.37 bits per heavy atom. The van der Waals surface area contributed by atoms with Crippen LogP contribution in [-0.4, -0.2) is 21.2 Å². The van der Waals surface area contributed by atoms with Crippen molar-refractivity contribution in [2.75, 3.05) is 0 Å². The highest BCUT2D eigenvalue weighted by atomic mass is 16.6. The molecule has 0 radical (unpaired) electrons. The second kappa shape index (κ2) is 5.57. The van der Waals surface area contributed by atoms with Gasteiger partial charge in [-0.3, -0.25) is 10.1 Å². The average molecular weight is 262 g/mol. The lowest BCUT2D eigenvalue weighted by Gasteiger charge is -2.03. The molecule has 0 atom stereocenters. The Kier molecular flexibility index (Phi) is 3.86. The number of nitro benzene ring substituents is 1. The fourth-order valence-corrected chi connectivity index (χ4v) is 1.54. The molecule has 0 saturated heterocycles. The Morgan fingerprint density at radius 2 is 2.11 bits per heavy atom. The minimum absolute atomic E-state index is 0.0467. The predicted molar refractivity (Wildman–Crippen MR) is 68.4 cm³/mol. The normalized spacial score (nSPS) is 10.9. The zero-order valence-corrected chi connectivity index (χ0v) is 10.7. The molecule has 0 aliphatic carbocycles. The minimum atomic E-state index is -0.467. The molecule has 0 saturated carbocycles. The van der Waals surface area contributed by atoms with Crippen molar-refractivity contribution in [3.8, 4) is 11.5 Å². The van der Waals surface area contributed by atoms with Crippen molar-refractivity contribution in [3.05, 3.63) is 40.3 Å². The van der Waals surface area contributed by atoms with E-state index >= 15 is 0 Å². The van der Waals surface area contributed by atoms with Gasteiger partial charge < -0.3 is 9.73 Å². The lowest BCUT2D eigenvalue weighted by atomic mass is 10.2. The second-order valence-corrected chi connectivity index (χ2v) is 4.31. The van der Waals surface area contributed by atoms with Crippen LogP contribution in [0.25, 0.3) is 11.5 Å². The van der Waals surface area contributed by atoms with Crippen LogP contribution >= 0.6 is 0 Å². The number of nitrogens with zero attached hydrogens (tertiary/aromatic N) is 3. The van der Waals surface area contributed by atoms with Crippen LogP contribution in [0.3, 0.4) is 0 Å². The van der Waals surface area contributed by atoms with Gasteiger partial charge in [-0.2, -0.15) is 0 Å². The van der Waals surface area contributed by atoms with Crippen LogP contribution in [0.2, 0.25) is 0 Å². The highest BCUT2D eigenvalue weighted by Crippen LogP contribution is 2.28. The van der Waals surface area contributed by atoms with E-state index in [-0.39, 0.29) is 11.6 Å². The van der Waals surface area contributed by atoms with Crippen LogP contribution in [0.5, 0.6) is 0 Å². The minimum Gasteiger partial charge on any atom is -0.419 e. The van der Waals surface area contributed by atoms with Gasteiger partial charge in [0.1, 0.15) is 5.56 Å². The molecule has 0 spiro atoms. The molecular weight excluding hydrogens is 248 g/mol.